The van der Waals surface area contributed by atoms with E-state index in [4.69, 9.17) is 5.11 Å². The van der Waals surface area contributed by atoms with Gasteiger partial charge in [0.2, 0.25) is 5.91 Å². The summed E-state index contributed by atoms with van der Waals surface area (Å²) in [5.74, 6) is -0.00691. The lowest BCUT2D eigenvalue weighted by Gasteiger charge is -2.40. The first-order chi connectivity index (χ1) is 9.60. The molecular formula is C15H26N2O3. The van der Waals surface area contributed by atoms with Gasteiger partial charge in [-0.05, 0) is 56.5 Å². The van der Waals surface area contributed by atoms with E-state index < -0.39 is 5.97 Å². The Labute approximate surface area is 120 Å². The van der Waals surface area contributed by atoms with E-state index >= 15 is 0 Å². The van der Waals surface area contributed by atoms with Crippen molar-refractivity contribution in [2.24, 2.45) is 11.3 Å². The van der Waals surface area contributed by atoms with Gasteiger partial charge in [0.25, 0.3) is 0 Å². The summed E-state index contributed by atoms with van der Waals surface area (Å²) in [5.41, 5.74) is -0.170. The number of amides is 1. The molecule has 0 radical (unpaired) electrons. The van der Waals surface area contributed by atoms with Crippen LogP contribution in [0.25, 0.3) is 0 Å². The number of aliphatic carboxylic acids is 1. The SMILES string of the molecule is O=C(O)CC1(CNC(=O)CCC2CCNCC2)CCC1. The normalized spacial score (nSPS) is 22.0. The molecule has 1 saturated carbocycles. The zero-order chi connectivity index (χ0) is 14.4. The molecule has 114 valence electrons. The van der Waals surface area contributed by atoms with Crippen molar-refractivity contribution in [2.45, 2.75) is 51.4 Å². The van der Waals surface area contributed by atoms with Crippen LogP contribution in [0.5, 0.6) is 0 Å². The molecule has 2 rings (SSSR count). The van der Waals surface area contributed by atoms with Gasteiger partial charge in [0, 0.05) is 13.0 Å². The number of carboxylic acid groups (broad SMARTS) is 1. The zero-order valence-electron chi connectivity index (χ0n) is 12.1. The van der Waals surface area contributed by atoms with Gasteiger partial charge in [0.15, 0.2) is 0 Å². The Kier molecular flexibility index (Phi) is 5.40. The number of carbonyl (C=O) groups is 2. The van der Waals surface area contributed by atoms with Crippen LogP contribution in [0.15, 0.2) is 0 Å². The van der Waals surface area contributed by atoms with Crippen LogP contribution in [0.4, 0.5) is 0 Å². The highest BCUT2D eigenvalue weighted by Gasteiger charge is 2.39. The molecule has 0 unspecified atom stereocenters. The van der Waals surface area contributed by atoms with Crippen molar-refractivity contribution in [1.82, 2.24) is 10.6 Å². The lowest BCUT2D eigenvalue weighted by molar-refractivity contribution is -0.141. The number of carbonyl (C=O) groups excluding carboxylic acids is 1. The second-order valence-electron chi connectivity index (χ2n) is 6.43. The van der Waals surface area contributed by atoms with Crippen LogP contribution in [-0.4, -0.2) is 36.6 Å². The van der Waals surface area contributed by atoms with Crippen molar-refractivity contribution in [3.8, 4) is 0 Å². The van der Waals surface area contributed by atoms with Crippen molar-refractivity contribution in [3.05, 3.63) is 0 Å². The summed E-state index contributed by atoms with van der Waals surface area (Å²) < 4.78 is 0. The number of hydrogen-bond donors (Lipinski definition) is 3. The van der Waals surface area contributed by atoms with E-state index in [1.165, 1.54) is 0 Å². The van der Waals surface area contributed by atoms with Gasteiger partial charge in [-0.3, -0.25) is 9.59 Å². The Bertz CT molecular complexity index is 347. The van der Waals surface area contributed by atoms with E-state index in [1.54, 1.807) is 0 Å². The molecule has 1 saturated heterocycles. The second kappa shape index (κ2) is 7.07. The minimum atomic E-state index is -0.756. The molecule has 5 heteroatoms. The lowest BCUT2D eigenvalue weighted by Crippen LogP contribution is -2.43. The van der Waals surface area contributed by atoms with Crippen molar-refractivity contribution < 1.29 is 14.7 Å². The molecule has 2 fully saturated rings. The van der Waals surface area contributed by atoms with Crippen LogP contribution in [0.3, 0.4) is 0 Å². The average Bonchev–Trinajstić information content (AvgIpc) is 2.40. The summed E-state index contributed by atoms with van der Waals surface area (Å²) in [6, 6.07) is 0. The smallest absolute Gasteiger partial charge is 0.303 e. The summed E-state index contributed by atoms with van der Waals surface area (Å²) in [6.07, 6.45) is 6.97. The number of nitrogens with one attached hydrogen (secondary N) is 2. The Hall–Kier alpha value is -1.10. The molecular weight excluding hydrogens is 256 g/mol. The van der Waals surface area contributed by atoms with E-state index in [-0.39, 0.29) is 17.7 Å². The summed E-state index contributed by atoms with van der Waals surface area (Å²) >= 11 is 0. The molecule has 0 aromatic rings. The Morgan fingerprint density at radius 1 is 1.25 bits per heavy atom. The monoisotopic (exact) mass is 282 g/mol. The van der Waals surface area contributed by atoms with Crippen LogP contribution in [0, 0.1) is 11.3 Å². The maximum absolute atomic E-state index is 11.9. The molecule has 1 amide bonds. The quantitative estimate of drug-likeness (QED) is 0.661. The molecule has 0 atom stereocenters. The summed E-state index contributed by atoms with van der Waals surface area (Å²) in [5, 5.41) is 15.2. The van der Waals surface area contributed by atoms with Crippen molar-refractivity contribution >= 4 is 11.9 Å². The van der Waals surface area contributed by atoms with Crippen LogP contribution < -0.4 is 10.6 Å². The van der Waals surface area contributed by atoms with E-state index in [9.17, 15) is 9.59 Å². The first-order valence-corrected chi connectivity index (χ1v) is 7.79. The summed E-state index contributed by atoms with van der Waals surface area (Å²) in [6.45, 7) is 2.66. The number of carboxylic acids is 1. The van der Waals surface area contributed by atoms with Crippen molar-refractivity contribution in [2.75, 3.05) is 19.6 Å². The van der Waals surface area contributed by atoms with Crippen LogP contribution in [0.2, 0.25) is 0 Å². The Morgan fingerprint density at radius 3 is 2.50 bits per heavy atom. The Morgan fingerprint density at radius 2 is 1.95 bits per heavy atom. The summed E-state index contributed by atoms with van der Waals surface area (Å²) in [4.78, 5) is 22.7. The minimum absolute atomic E-state index is 0.0835. The molecule has 0 spiro atoms. The number of rotatable bonds is 7. The predicted octanol–water partition coefficient (Wildman–Crippen LogP) is 1.53. The summed E-state index contributed by atoms with van der Waals surface area (Å²) in [7, 11) is 0. The second-order valence-corrected chi connectivity index (χ2v) is 6.43. The molecule has 0 aromatic heterocycles. The van der Waals surface area contributed by atoms with Crippen LogP contribution in [-0.2, 0) is 9.59 Å². The fourth-order valence-electron chi connectivity index (χ4n) is 3.29. The molecule has 5 nitrogen and oxygen atoms in total. The molecule has 3 N–H and O–H groups in total. The van der Waals surface area contributed by atoms with E-state index in [0.29, 0.717) is 18.9 Å². The van der Waals surface area contributed by atoms with Gasteiger partial charge in [-0.1, -0.05) is 6.42 Å². The van der Waals surface area contributed by atoms with Crippen molar-refractivity contribution in [3.63, 3.8) is 0 Å². The topological polar surface area (TPSA) is 78.4 Å². The van der Waals surface area contributed by atoms with Gasteiger partial charge in [-0.15, -0.1) is 0 Å². The van der Waals surface area contributed by atoms with E-state index in [0.717, 1.165) is 51.6 Å². The predicted molar refractivity (Wildman–Crippen MR) is 76.4 cm³/mol. The van der Waals surface area contributed by atoms with E-state index in [2.05, 4.69) is 10.6 Å². The minimum Gasteiger partial charge on any atom is -0.481 e. The molecule has 1 heterocycles. The van der Waals surface area contributed by atoms with Gasteiger partial charge in [-0.2, -0.15) is 0 Å². The van der Waals surface area contributed by atoms with Gasteiger partial charge in [0.05, 0.1) is 6.42 Å². The first kappa shape index (κ1) is 15.3. The molecule has 2 aliphatic rings. The number of hydrogen-bond acceptors (Lipinski definition) is 3. The first-order valence-electron chi connectivity index (χ1n) is 7.79. The number of piperidine rings is 1. The van der Waals surface area contributed by atoms with E-state index in [1.807, 2.05) is 0 Å². The molecule has 20 heavy (non-hydrogen) atoms. The third kappa shape index (κ3) is 4.47. The van der Waals surface area contributed by atoms with Gasteiger partial charge in [-0.25, -0.2) is 0 Å². The molecule has 0 bridgehead atoms. The van der Waals surface area contributed by atoms with Crippen LogP contribution in [0.1, 0.15) is 51.4 Å². The highest BCUT2D eigenvalue weighted by molar-refractivity contribution is 5.76. The maximum atomic E-state index is 11.9. The fraction of sp³-hybridized carbons (Fsp3) is 0.867. The maximum Gasteiger partial charge on any atom is 0.303 e. The lowest BCUT2D eigenvalue weighted by atomic mass is 9.66. The molecule has 0 aromatic carbocycles. The third-order valence-electron chi connectivity index (χ3n) is 4.84. The largest absolute Gasteiger partial charge is 0.481 e. The third-order valence-corrected chi connectivity index (χ3v) is 4.84. The zero-order valence-corrected chi connectivity index (χ0v) is 12.1. The van der Waals surface area contributed by atoms with Gasteiger partial charge < -0.3 is 15.7 Å². The Balaban J connectivity index is 1.65. The van der Waals surface area contributed by atoms with Crippen molar-refractivity contribution in [1.29, 1.82) is 0 Å². The van der Waals surface area contributed by atoms with Gasteiger partial charge in [0.1, 0.15) is 0 Å². The fourth-order valence-corrected chi connectivity index (χ4v) is 3.29. The van der Waals surface area contributed by atoms with Gasteiger partial charge >= 0.3 is 5.97 Å². The highest BCUT2D eigenvalue weighted by atomic mass is 16.4. The highest BCUT2D eigenvalue weighted by Crippen LogP contribution is 2.43. The molecule has 1 aliphatic carbocycles. The standard InChI is InChI=1S/C15H26N2O3/c18-13(3-2-12-4-8-16-9-5-12)17-11-15(6-1-7-15)10-14(19)20/h12,16H,1-11H2,(H,17,18)(H,19,20). The average molecular weight is 282 g/mol. The molecule has 1 aliphatic heterocycles. The van der Waals surface area contributed by atoms with Crippen LogP contribution >= 0.6 is 0 Å².